The summed E-state index contributed by atoms with van der Waals surface area (Å²) >= 11 is 0. The number of hydrogen-bond donors (Lipinski definition) is 0. The fourth-order valence-corrected chi connectivity index (χ4v) is 8.38. The Balaban J connectivity index is 1.62. The maximum Gasteiger partial charge on any atom is 0.120 e. The van der Waals surface area contributed by atoms with Gasteiger partial charge in [0.05, 0.1) is 28.1 Å². The molecule has 9 nitrogen and oxygen atoms in total. The van der Waals surface area contributed by atoms with E-state index in [0.717, 1.165) is 66.9 Å². The molecule has 9 heteroatoms. The van der Waals surface area contributed by atoms with E-state index < -0.39 is 0 Å². The molecule has 0 saturated carbocycles. The van der Waals surface area contributed by atoms with E-state index in [-0.39, 0.29) is 12.1 Å². The maximum atomic E-state index is 4.96. The van der Waals surface area contributed by atoms with Crippen molar-refractivity contribution < 1.29 is 0 Å². The van der Waals surface area contributed by atoms with Gasteiger partial charge in [-0.1, -0.05) is 15.7 Å². The number of hydrogen-bond acceptors (Lipinski definition) is 7. The molecule has 3 heterocycles. The molecular weight excluding hydrogens is 594 g/mol. The van der Waals surface area contributed by atoms with E-state index in [1.807, 2.05) is 0 Å². The monoisotopic (exact) mass is 641 g/mol. The van der Waals surface area contributed by atoms with Crippen molar-refractivity contribution in [3.8, 4) is 11.4 Å². The number of fused-ring (bicyclic) bond motifs is 3. The minimum atomic E-state index is -0.0360. The van der Waals surface area contributed by atoms with Crippen LogP contribution in [-0.2, 0) is 0 Å². The zero-order valence-corrected chi connectivity index (χ0v) is 31.2. The van der Waals surface area contributed by atoms with Crippen LogP contribution in [0, 0.1) is 76.2 Å². The number of anilines is 1. The van der Waals surface area contributed by atoms with Crippen LogP contribution in [0.1, 0.15) is 88.9 Å². The Morgan fingerprint density at radius 1 is 0.417 bits per heavy atom. The minimum absolute atomic E-state index is 0.0164. The van der Waals surface area contributed by atoms with Crippen molar-refractivity contribution in [2.45, 2.75) is 116 Å². The maximum absolute atomic E-state index is 4.96. The Morgan fingerprint density at radius 3 is 1.27 bits per heavy atom. The van der Waals surface area contributed by atoms with Crippen molar-refractivity contribution in [2.75, 3.05) is 5.01 Å². The number of allylic oxidation sites excluding steroid dienone is 2. The quantitative estimate of drug-likeness (QED) is 0.196. The highest BCUT2D eigenvalue weighted by Crippen LogP contribution is 2.46. The van der Waals surface area contributed by atoms with Crippen LogP contribution in [0.3, 0.4) is 0 Å². The first-order chi connectivity index (χ1) is 22.6. The third kappa shape index (κ3) is 3.96. The van der Waals surface area contributed by atoms with E-state index in [4.69, 9.17) is 31.0 Å². The van der Waals surface area contributed by atoms with E-state index in [0.29, 0.717) is 0 Å². The Labute approximate surface area is 283 Å². The van der Waals surface area contributed by atoms with Crippen LogP contribution < -0.4 is 5.01 Å². The van der Waals surface area contributed by atoms with E-state index >= 15 is 0 Å². The SMILES string of the molecule is CC1=C(C)C2N=NN(c3c(C)c(-n4nnc5c(C)c(C)c(C)c(C)c54)c(C)c(-n4nnc5c(C)c(C)c(C)c(C)c54)c3C)C2C(C)=C1C. The standard InChI is InChI=1S/C39H47N9/c1-16-19(4)25(10)37-31(22(16)7)40-43-46(37)34-28(13)35(47-38-26(11)20(5)17(2)23(8)32(38)41-44-47)30(15)36(29(34)14)48-39-27(12)21(6)18(3)24(9)33(39)42-45-48/h31,37H,1-15H3. The van der Waals surface area contributed by atoms with Gasteiger partial charge < -0.3 is 0 Å². The van der Waals surface area contributed by atoms with Gasteiger partial charge in [-0.25, -0.2) is 14.4 Å². The van der Waals surface area contributed by atoms with Gasteiger partial charge in [-0.2, -0.15) is 5.11 Å². The molecule has 0 bridgehead atoms. The molecular formula is C39H47N9. The summed E-state index contributed by atoms with van der Waals surface area (Å²) in [6.45, 7) is 32.8. The van der Waals surface area contributed by atoms with Gasteiger partial charge in [-0.15, -0.1) is 10.2 Å². The molecule has 0 N–H and O–H groups in total. The van der Waals surface area contributed by atoms with Crippen molar-refractivity contribution in [3.05, 3.63) is 83.5 Å². The summed E-state index contributed by atoms with van der Waals surface area (Å²) in [4.78, 5) is 0. The number of aromatic nitrogens is 6. The van der Waals surface area contributed by atoms with E-state index in [2.05, 4.69) is 118 Å². The highest BCUT2D eigenvalue weighted by Gasteiger charge is 2.42. The van der Waals surface area contributed by atoms with Crippen LogP contribution in [0.2, 0.25) is 0 Å². The van der Waals surface area contributed by atoms with Gasteiger partial charge in [-0.3, -0.25) is 0 Å². The van der Waals surface area contributed by atoms with E-state index in [1.165, 1.54) is 55.7 Å². The van der Waals surface area contributed by atoms with Crippen molar-refractivity contribution >= 4 is 27.8 Å². The fraction of sp³-hybridized carbons (Fsp3) is 0.436. The Morgan fingerprint density at radius 2 is 0.812 bits per heavy atom. The topological polar surface area (TPSA) is 89.4 Å². The first kappa shape index (κ1) is 31.9. The summed E-state index contributed by atoms with van der Waals surface area (Å²) in [6, 6.07) is -0.0524. The molecule has 0 fully saturated rings. The number of nitrogens with zero attached hydrogens (tertiary/aromatic N) is 9. The summed E-state index contributed by atoms with van der Waals surface area (Å²) in [6.07, 6.45) is 0. The first-order valence-corrected chi connectivity index (χ1v) is 16.9. The zero-order chi connectivity index (χ0) is 34.8. The second-order valence-electron chi connectivity index (χ2n) is 14.4. The molecule has 1 aliphatic carbocycles. The lowest BCUT2D eigenvalue weighted by Gasteiger charge is -2.35. The van der Waals surface area contributed by atoms with Crippen LogP contribution in [0.4, 0.5) is 5.69 Å². The molecule has 3 aromatic carbocycles. The van der Waals surface area contributed by atoms with Crippen molar-refractivity contribution in [1.29, 1.82) is 0 Å². The third-order valence-electron chi connectivity index (χ3n) is 12.4. The van der Waals surface area contributed by atoms with Crippen molar-refractivity contribution in [1.82, 2.24) is 30.0 Å². The molecule has 5 aromatic rings. The highest BCUT2D eigenvalue weighted by molar-refractivity contribution is 5.90. The molecule has 248 valence electrons. The molecule has 0 amide bonds. The largest absolute Gasteiger partial charge is 0.237 e. The average Bonchev–Trinajstić information content (AvgIpc) is 3.81. The van der Waals surface area contributed by atoms with Gasteiger partial charge >= 0.3 is 0 Å². The van der Waals surface area contributed by atoms with Gasteiger partial charge in [-0.05, 0) is 171 Å². The minimum Gasteiger partial charge on any atom is -0.237 e. The van der Waals surface area contributed by atoms with Crippen LogP contribution in [0.15, 0.2) is 32.6 Å². The molecule has 2 unspecified atom stereocenters. The molecule has 2 aromatic heterocycles. The fourth-order valence-electron chi connectivity index (χ4n) is 8.38. The molecule has 0 saturated heterocycles. The summed E-state index contributed by atoms with van der Waals surface area (Å²) in [7, 11) is 0. The Kier molecular flexibility index (Phi) is 7.10. The van der Waals surface area contributed by atoms with Crippen LogP contribution in [0.5, 0.6) is 0 Å². The molecule has 7 rings (SSSR count). The second kappa shape index (κ2) is 10.7. The van der Waals surface area contributed by atoms with Gasteiger partial charge in [0.2, 0.25) is 0 Å². The molecule has 2 aliphatic rings. The number of rotatable bonds is 3. The summed E-state index contributed by atoms with van der Waals surface area (Å²) < 4.78 is 4.12. The van der Waals surface area contributed by atoms with Crippen molar-refractivity contribution in [3.63, 3.8) is 0 Å². The molecule has 0 spiro atoms. The molecule has 1 aliphatic heterocycles. The van der Waals surface area contributed by atoms with Crippen LogP contribution >= 0.6 is 0 Å². The predicted molar refractivity (Wildman–Crippen MR) is 195 cm³/mol. The lowest BCUT2D eigenvalue weighted by atomic mass is 9.81. The summed E-state index contributed by atoms with van der Waals surface area (Å²) in [5.74, 6) is 0. The second-order valence-corrected chi connectivity index (χ2v) is 14.4. The van der Waals surface area contributed by atoms with Crippen molar-refractivity contribution in [2.24, 2.45) is 10.3 Å². The third-order valence-corrected chi connectivity index (χ3v) is 12.4. The summed E-state index contributed by atoms with van der Waals surface area (Å²) in [5.41, 5.74) is 25.0. The number of aryl methyl sites for hydroxylation is 4. The predicted octanol–water partition coefficient (Wildman–Crippen LogP) is 9.16. The highest BCUT2D eigenvalue weighted by atomic mass is 15.6. The first-order valence-electron chi connectivity index (χ1n) is 16.9. The van der Waals surface area contributed by atoms with Crippen LogP contribution in [0.25, 0.3) is 33.4 Å². The normalized spacial score (nSPS) is 18.0. The molecule has 0 radical (unpaired) electrons. The van der Waals surface area contributed by atoms with Crippen LogP contribution in [-0.4, -0.2) is 42.1 Å². The lowest BCUT2D eigenvalue weighted by Crippen LogP contribution is -2.40. The smallest absolute Gasteiger partial charge is 0.120 e. The summed E-state index contributed by atoms with van der Waals surface area (Å²) in [5, 5.41) is 31.4. The van der Waals surface area contributed by atoms with Gasteiger partial charge in [0.1, 0.15) is 23.1 Å². The molecule has 48 heavy (non-hydrogen) atoms. The lowest BCUT2D eigenvalue weighted by molar-refractivity contribution is 0.646. The van der Waals surface area contributed by atoms with Gasteiger partial charge in [0, 0.05) is 16.7 Å². The number of benzene rings is 3. The van der Waals surface area contributed by atoms with E-state index in [1.54, 1.807) is 0 Å². The Bertz CT molecular complexity index is 2230. The average molecular weight is 642 g/mol. The van der Waals surface area contributed by atoms with Gasteiger partial charge in [0.25, 0.3) is 0 Å². The van der Waals surface area contributed by atoms with Gasteiger partial charge in [0.15, 0.2) is 0 Å². The zero-order valence-electron chi connectivity index (χ0n) is 31.2. The van der Waals surface area contributed by atoms with E-state index in [9.17, 15) is 0 Å². The molecule has 2 atom stereocenters. The Hall–Kier alpha value is -4.66.